The SMILES string of the molecule is Cc1ccc(C)c(CN(Cc2cccc(C(F)(F)F)c2)Cc2nc(C(=O)N3CCOCC3)co2)c1. The third-order valence-corrected chi connectivity index (χ3v) is 5.99. The van der Waals surface area contributed by atoms with Crippen molar-refractivity contribution in [2.45, 2.75) is 39.7 Å². The van der Waals surface area contributed by atoms with E-state index in [2.05, 4.69) is 11.1 Å². The number of carbonyl (C=O) groups excluding carboxylic acids is 1. The Hall–Kier alpha value is -3.17. The molecule has 0 radical (unpaired) electrons. The van der Waals surface area contributed by atoms with Crippen LogP contribution in [0.3, 0.4) is 0 Å². The first-order valence-corrected chi connectivity index (χ1v) is 11.4. The maximum absolute atomic E-state index is 13.2. The summed E-state index contributed by atoms with van der Waals surface area (Å²) in [5, 5.41) is 0. The van der Waals surface area contributed by atoms with E-state index in [1.165, 1.54) is 18.4 Å². The zero-order valence-electron chi connectivity index (χ0n) is 19.8. The standard InChI is InChI=1S/C26H28F3N3O3/c1-18-6-7-19(2)21(12-18)15-31(14-20-4-3-5-22(13-20)26(27,28)29)16-24-30-23(17-35-24)25(33)32-8-10-34-11-9-32/h3-7,12-13,17H,8-11,14-16H2,1-2H3. The molecule has 1 saturated heterocycles. The van der Waals surface area contributed by atoms with Gasteiger partial charge in [-0.3, -0.25) is 9.69 Å². The largest absolute Gasteiger partial charge is 0.447 e. The predicted molar refractivity (Wildman–Crippen MR) is 124 cm³/mol. The molecule has 0 atom stereocenters. The molecular weight excluding hydrogens is 459 g/mol. The number of hydrogen-bond acceptors (Lipinski definition) is 5. The lowest BCUT2D eigenvalue weighted by molar-refractivity contribution is -0.137. The number of alkyl halides is 3. The van der Waals surface area contributed by atoms with Gasteiger partial charge in [-0.25, -0.2) is 4.98 Å². The van der Waals surface area contributed by atoms with Crippen LogP contribution in [0.25, 0.3) is 0 Å². The number of benzene rings is 2. The third-order valence-electron chi connectivity index (χ3n) is 5.99. The molecule has 0 saturated carbocycles. The zero-order chi connectivity index (χ0) is 25.0. The third kappa shape index (κ3) is 6.49. The molecule has 1 aromatic heterocycles. The number of aromatic nitrogens is 1. The maximum Gasteiger partial charge on any atom is 0.416 e. The lowest BCUT2D eigenvalue weighted by Crippen LogP contribution is -2.40. The van der Waals surface area contributed by atoms with Crippen molar-refractivity contribution < 1.29 is 27.1 Å². The molecule has 3 aromatic rings. The van der Waals surface area contributed by atoms with Gasteiger partial charge >= 0.3 is 6.18 Å². The van der Waals surface area contributed by atoms with Crippen molar-refractivity contribution in [1.29, 1.82) is 0 Å². The summed E-state index contributed by atoms with van der Waals surface area (Å²) >= 11 is 0. The van der Waals surface area contributed by atoms with Crippen molar-refractivity contribution in [3.63, 3.8) is 0 Å². The second-order valence-corrected chi connectivity index (χ2v) is 8.80. The van der Waals surface area contributed by atoms with Gasteiger partial charge in [0.05, 0.1) is 25.3 Å². The highest BCUT2D eigenvalue weighted by atomic mass is 19.4. The molecule has 6 nitrogen and oxygen atoms in total. The van der Waals surface area contributed by atoms with E-state index in [0.29, 0.717) is 44.3 Å². The first-order chi connectivity index (χ1) is 16.7. The number of morpholine rings is 1. The van der Waals surface area contributed by atoms with Gasteiger partial charge in [0.25, 0.3) is 5.91 Å². The molecule has 1 aliphatic rings. The number of rotatable bonds is 7. The van der Waals surface area contributed by atoms with Crippen LogP contribution >= 0.6 is 0 Å². The average Bonchev–Trinajstić information content (AvgIpc) is 3.29. The first-order valence-electron chi connectivity index (χ1n) is 11.4. The number of halogens is 3. The summed E-state index contributed by atoms with van der Waals surface area (Å²) in [5.74, 6) is 0.112. The molecule has 0 N–H and O–H groups in total. The topological polar surface area (TPSA) is 58.8 Å². The van der Waals surface area contributed by atoms with Crippen LogP contribution in [0.1, 0.15) is 44.2 Å². The van der Waals surface area contributed by atoms with Gasteiger partial charge in [0, 0.05) is 26.2 Å². The van der Waals surface area contributed by atoms with Crippen LogP contribution in [0, 0.1) is 13.8 Å². The molecule has 4 rings (SSSR count). The molecule has 186 valence electrons. The van der Waals surface area contributed by atoms with E-state index >= 15 is 0 Å². The van der Waals surface area contributed by atoms with Crippen LogP contribution < -0.4 is 0 Å². The number of aryl methyl sites for hydroxylation is 2. The fourth-order valence-electron chi connectivity index (χ4n) is 4.08. The fourth-order valence-corrected chi connectivity index (χ4v) is 4.08. The minimum Gasteiger partial charge on any atom is -0.447 e. The van der Waals surface area contributed by atoms with Gasteiger partial charge in [0.1, 0.15) is 6.26 Å². The van der Waals surface area contributed by atoms with Crippen molar-refractivity contribution in [2.75, 3.05) is 26.3 Å². The molecule has 9 heteroatoms. The fraction of sp³-hybridized carbons (Fsp3) is 0.385. The number of carbonyl (C=O) groups is 1. The monoisotopic (exact) mass is 487 g/mol. The highest BCUT2D eigenvalue weighted by Gasteiger charge is 2.30. The molecule has 2 aromatic carbocycles. The van der Waals surface area contributed by atoms with Gasteiger partial charge in [-0.05, 0) is 36.6 Å². The quantitative estimate of drug-likeness (QED) is 0.470. The molecule has 0 spiro atoms. The molecule has 35 heavy (non-hydrogen) atoms. The van der Waals surface area contributed by atoms with Gasteiger partial charge in [-0.1, -0.05) is 42.0 Å². The molecule has 1 aliphatic heterocycles. The highest BCUT2D eigenvalue weighted by Crippen LogP contribution is 2.30. The van der Waals surface area contributed by atoms with E-state index in [1.807, 2.05) is 30.9 Å². The van der Waals surface area contributed by atoms with Crippen LogP contribution in [-0.2, 0) is 30.5 Å². The smallest absolute Gasteiger partial charge is 0.416 e. The normalized spacial score (nSPS) is 14.5. The Balaban J connectivity index is 1.55. The molecule has 2 heterocycles. The van der Waals surface area contributed by atoms with Crippen LogP contribution in [0.2, 0.25) is 0 Å². The van der Waals surface area contributed by atoms with Crippen molar-refractivity contribution in [1.82, 2.24) is 14.8 Å². The predicted octanol–water partition coefficient (Wildman–Crippen LogP) is 4.99. The molecule has 0 bridgehead atoms. The molecular formula is C26H28F3N3O3. The maximum atomic E-state index is 13.2. The lowest BCUT2D eigenvalue weighted by atomic mass is 10.0. The summed E-state index contributed by atoms with van der Waals surface area (Å²) in [5.41, 5.74) is 3.30. The van der Waals surface area contributed by atoms with E-state index < -0.39 is 11.7 Å². The Morgan fingerprint density at radius 3 is 2.57 bits per heavy atom. The van der Waals surface area contributed by atoms with Crippen LogP contribution in [0.15, 0.2) is 53.1 Å². The van der Waals surface area contributed by atoms with Crippen molar-refractivity contribution >= 4 is 5.91 Å². The molecule has 0 aliphatic carbocycles. The number of hydrogen-bond donors (Lipinski definition) is 0. The van der Waals surface area contributed by atoms with E-state index in [1.54, 1.807) is 11.0 Å². The summed E-state index contributed by atoms with van der Waals surface area (Å²) < 4.78 is 50.6. The Morgan fingerprint density at radius 2 is 1.83 bits per heavy atom. The number of nitrogens with zero attached hydrogens (tertiary/aromatic N) is 3. The Kier molecular flexibility index (Phi) is 7.57. The van der Waals surface area contributed by atoms with E-state index in [-0.39, 0.29) is 24.7 Å². The number of oxazole rings is 1. The van der Waals surface area contributed by atoms with Crippen molar-refractivity contribution in [2.24, 2.45) is 0 Å². The minimum absolute atomic E-state index is 0.215. The van der Waals surface area contributed by atoms with Gasteiger partial charge < -0.3 is 14.1 Å². The van der Waals surface area contributed by atoms with Crippen LogP contribution in [0.5, 0.6) is 0 Å². The Bertz CT molecular complexity index is 1170. The summed E-state index contributed by atoms with van der Waals surface area (Å²) in [4.78, 5) is 20.7. The van der Waals surface area contributed by atoms with Crippen molar-refractivity contribution in [3.8, 4) is 0 Å². The summed E-state index contributed by atoms with van der Waals surface area (Å²) in [6.45, 7) is 6.93. The number of ether oxygens (including phenoxy) is 1. The van der Waals surface area contributed by atoms with Crippen LogP contribution in [-0.4, -0.2) is 47.0 Å². The van der Waals surface area contributed by atoms with Gasteiger partial charge in [0.15, 0.2) is 5.69 Å². The average molecular weight is 488 g/mol. The summed E-state index contributed by atoms with van der Waals surface area (Å²) in [6.07, 6.45) is -3.07. The minimum atomic E-state index is -4.41. The number of amides is 1. The van der Waals surface area contributed by atoms with E-state index in [0.717, 1.165) is 22.8 Å². The van der Waals surface area contributed by atoms with E-state index in [4.69, 9.17) is 9.15 Å². The molecule has 0 unspecified atom stereocenters. The molecule has 1 fully saturated rings. The van der Waals surface area contributed by atoms with Crippen molar-refractivity contribution in [3.05, 3.63) is 88.1 Å². The second-order valence-electron chi connectivity index (χ2n) is 8.80. The Morgan fingerprint density at radius 1 is 1.06 bits per heavy atom. The van der Waals surface area contributed by atoms with Gasteiger partial charge in [0.2, 0.25) is 5.89 Å². The summed E-state index contributed by atoms with van der Waals surface area (Å²) in [7, 11) is 0. The van der Waals surface area contributed by atoms with E-state index in [9.17, 15) is 18.0 Å². The second kappa shape index (κ2) is 10.6. The summed E-state index contributed by atoms with van der Waals surface area (Å²) in [6, 6.07) is 11.4. The van der Waals surface area contributed by atoms with Gasteiger partial charge in [-0.2, -0.15) is 13.2 Å². The lowest BCUT2D eigenvalue weighted by Gasteiger charge is -2.25. The first kappa shape index (κ1) is 24.9. The Labute approximate surface area is 202 Å². The molecule has 1 amide bonds. The van der Waals surface area contributed by atoms with Gasteiger partial charge in [-0.15, -0.1) is 0 Å². The highest BCUT2D eigenvalue weighted by molar-refractivity contribution is 5.92. The van der Waals surface area contributed by atoms with Crippen LogP contribution in [0.4, 0.5) is 13.2 Å². The zero-order valence-corrected chi connectivity index (χ0v) is 19.8.